The molecule has 3 amide bonds. The number of amidine groups is 1. The minimum absolute atomic E-state index is 0.00283. The summed E-state index contributed by atoms with van der Waals surface area (Å²) in [5.41, 5.74) is 8.30. The Bertz CT molecular complexity index is 1310. The van der Waals surface area contributed by atoms with Crippen molar-refractivity contribution in [2.45, 2.75) is 89.6 Å². The van der Waals surface area contributed by atoms with Crippen molar-refractivity contribution in [3.8, 4) is 0 Å². The highest BCUT2D eigenvalue weighted by molar-refractivity contribution is 7.96. The highest BCUT2D eigenvalue weighted by atomic mass is 32.2. The Morgan fingerprint density at radius 3 is 2.12 bits per heavy atom. The van der Waals surface area contributed by atoms with Gasteiger partial charge in [0.2, 0.25) is 17.7 Å². The Balaban J connectivity index is 1.39. The van der Waals surface area contributed by atoms with Gasteiger partial charge in [-0.05, 0) is 87.4 Å². The zero-order chi connectivity index (χ0) is 34.3. The molecular formula is C37H55N7O3S. The van der Waals surface area contributed by atoms with E-state index in [1.165, 1.54) is 17.5 Å². The summed E-state index contributed by atoms with van der Waals surface area (Å²) in [7, 11) is 0. The van der Waals surface area contributed by atoms with Gasteiger partial charge in [0.25, 0.3) is 0 Å². The van der Waals surface area contributed by atoms with Gasteiger partial charge in [-0.2, -0.15) is 0 Å². The molecule has 0 aliphatic carbocycles. The number of nitrogen functional groups attached to an aromatic ring is 1. The van der Waals surface area contributed by atoms with Crippen molar-refractivity contribution in [2.75, 3.05) is 26.2 Å². The van der Waals surface area contributed by atoms with Crippen LogP contribution in [0, 0.1) is 23.2 Å². The second-order valence-electron chi connectivity index (χ2n) is 13.6. The Hall–Kier alpha value is -3.41. The van der Waals surface area contributed by atoms with Crippen LogP contribution >= 0.6 is 11.9 Å². The molecule has 0 aromatic heterocycles. The van der Waals surface area contributed by atoms with E-state index in [2.05, 4.69) is 32.8 Å². The minimum atomic E-state index is -0.641. The molecule has 2 heterocycles. The van der Waals surface area contributed by atoms with Gasteiger partial charge in [0.05, 0.1) is 6.04 Å². The SMILES string of the molecule is CC(C)C(=O)N1CCC(CCC(NSCc2ccccc2)C(=O)NC(CCC2CCNCC2)C(=O)NCc2ccc(C(=N)N)cc2)CC1. The van der Waals surface area contributed by atoms with E-state index in [-0.39, 0.29) is 29.5 Å². The number of nitrogens with two attached hydrogens (primary N) is 1. The lowest BCUT2D eigenvalue weighted by Crippen LogP contribution is -2.52. The summed E-state index contributed by atoms with van der Waals surface area (Å²) in [6.07, 6.45) is 7.03. The molecule has 4 rings (SSSR count). The summed E-state index contributed by atoms with van der Waals surface area (Å²) in [4.78, 5) is 42.0. The van der Waals surface area contributed by atoms with Crippen LogP contribution in [0.1, 0.15) is 81.9 Å². The first-order valence-electron chi connectivity index (χ1n) is 17.6. The molecule has 0 bridgehead atoms. The monoisotopic (exact) mass is 677 g/mol. The number of hydrogen-bond donors (Lipinski definition) is 6. The van der Waals surface area contributed by atoms with Gasteiger partial charge in [-0.25, -0.2) is 0 Å². The van der Waals surface area contributed by atoms with Gasteiger partial charge in [-0.3, -0.25) is 24.5 Å². The van der Waals surface area contributed by atoms with Crippen LogP contribution in [0.2, 0.25) is 0 Å². The van der Waals surface area contributed by atoms with Crippen LogP contribution in [-0.2, 0) is 26.7 Å². The molecular weight excluding hydrogens is 623 g/mol. The maximum Gasteiger partial charge on any atom is 0.242 e. The topological polar surface area (TPSA) is 152 Å². The third kappa shape index (κ3) is 12.2. The predicted molar refractivity (Wildman–Crippen MR) is 194 cm³/mol. The second-order valence-corrected chi connectivity index (χ2v) is 14.4. The van der Waals surface area contributed by atoms with E-state index in [1.807, 2.05) is 49.1 Å². The Labute approximate surface area is 290 Å². The number of benzene rings is 2. The Morgan fingerprint density at radius 2 is 1.50 bits per heavy atom. The predicted octanol–water partition coefficient (Wildman–Crippen LogP) is 4.33. The third-order valence-corrected chi connectivity index (χ3v) is 10.5. The van der Waals surface area contributed by atoms with E-state index in [1.54, 1.807) is 12.1 Å². The fourth-order valence-electron chi connectivity index (χ4n) is 6.48. The van der Waals surface area contributed by atoms with Gasteiger partial charge in [-0.15, -0.1) is 0 Å². The van der Waals surface area contributed by atoms with Crippen LogP contribution in [0.5, 0.6) is 0 Å². The fourth-order valence-corrected chi connectivity index (χ4v) is 7.35. The smallest absolute Gasteiger partial charge is 0.242 e. The summed E-state index contributed by atoms with van der Waals surface area (Å²) in [6.45, 7) is 7.73. The first-order chi connectivity index (χ1) is 23.2. The fraction of sp³-hybridized carbons (Fsp3) is 0.568. The minimum Gasteiger partial charge on any atom is -0.384 e. The number of piperidine rings is 2. The zero-order valence-electron chi connectivity index (χ0n) is 28.6. The number of carbonyl (C=O) groups excluding carboxylic acids is 3. The van der Waals surface area contributed by atoms with Crippen LogP contribution in [0.3, 0.4) is 0 Å². The van der Waals surface area contributed by atoms with E-state index in [0.29, 0.717) is 36.8 Å². The van der Waals surface area contributed by atoms with Crippen molar-refractivity contribution in [3.63, 3.8) is 0 Å². The molecule has 2 unspecified atom stereocenters. The standard InChI is InChI=1S/C37H55N7O3S/c1-26(2)37(47)44-22-18-28(19-23-44)11-15-33(43-48-25-30-6-4-3-5-7-30)36(46)42-32(14-10-27-16-20-40-21-17-27)35(45)41-24-29-8-12-31(13-9-29)34(38)39/h3-9,12-13,26-28,32-33,40,43H,10-11,14-25H2,1-2H3,(H3,38,39)(H,41,45)(H,42,46). The van der Waals surface area contributed by atoms with E-state index in [0.717, 1.165) is 76.0 Å². The maximum atomic E-state index is 14.0. The molecule has 262 valence electrons. The molecule has 2 aliphatic heterocycles. The summed E-state index contributed by atoms with van der Waals surface area (Å²) in [5, 5.41) is 17.2. The molecule has 0 spiro atoms. The molecule has 2 fully saturated rings. The van der Waals surface area contributed by atoms with E-state index < -0.39 is 12.1 Å². The molecule has 0 saturated carbocycles. The normalized spacial score (nSPS) is 17.1. The first-order valence-corrected chi connectivity index (χ1v) is 18.6. The van der Waals surface area contributed by atoms with Crippen LogP contribution in [0.15, 0.2) is 54.6 Å². The number of nitrogens with one attached hydrogen (secondary N) is 5. The zero-order valence-corrected chi connectivity index (χ0v) is 29.5. The molecule has 11 heteroatoms. The van der Waals surface area contributed by atoms with Crippen LogP contribution in [0.4, 0.5) is 0 Å². The Kier molecular flexibility index (Phi) is 15.2. The molecule has 2 aliphatic rings. The van der Waals surface area contributed by atoms with Crippen LogP contribution < -0.4 is 26.4 Å². The van der Waals surface area contributed by atoms with E-state index >= 15 is 0 Å². The molecule has 0 radical (unpaired) electrons. The molecule has 7 N–H and O–H groups in total. The van der Waals surface area contributed by atoms with Crippen molar-refractivity contribution >= 4 is 35.5 Å². The maximum absolute atomic E-state index is 14.0. The average molecular weight is 678 g/mol. The molecule has 10 nitrogen and oxygen atoms in total. The lowest BCUT2D eigenvalue weighted by Gasteiger charge is -2.33. The number of likely N-dealkylation sites (tertiary alicyclic amines) is 1. The molecule has 2 aromatic rings. The quantitative estimate of drug-likeness (QED) is 0.0828. The highest BCUT2D eigenvalue weighted by Gasteiger charge is 2.29. The van der Waals surface area contributed by atoms with Gasteiger partial charge >= 0.3 is 0 Å². The molecule has 48 heavy (non-hydrogen) atoms. The van der Waals surface area contributed by atoms with Crippen molar-refractivity contribution in [1.29, 1.82) is 5.41 Å². The molecule has 2 aromatic carbocycles. The average Bonchev–Trinajstić information content (AvgIpc) is 3.11. The molecule has 2 atom stereocenters. The van der Waals surface area contributed by atoms with Gasteiger partial charge in [0.15, 0.2) is 0 Å². The van der Waals surface area contributed by atoms with Crippen LogP contribution in [0.25, 0.3) is 0 Å². The van der Waals surface area contributed by atoms with Gasteiger partial charge in [0.1, 0.15) is 11.9 Å². The summed E-state index contributed by atoms with van der Waals surface area (Å²) >= 11 is 1.52. The number of carbonyl (C=O) groups is 3. The Morgan fingerprint density at radius 1 is 0.875 bits per heavy atom. The second kappa shape index (κ2) is 19.6. The first kappa shape index (κ1) is 37.4. The van der Waals surface area contributed by atoms with Crippen molar-refractivity contribution in [1.82, 2.24) is 25.6 Å². The van der Waals surface area contributed by atoms with Gasteiger partial charge < -0.3 is 26.6 Å². The van der Waals surface area contributed by atoms with E-state index in [4.69, 9.17) is 11.1 Å². The van der Waals surface area contributed by atoms with Gasteiger partial charge in [-0.1, -0.05) is 80.4 Å². The van der Waals surface area contributed by atoms with Crippen molar-refractivity contribution < 1.29 is 14.4 Å². The number of hydrogen-bond acceptors (Lipinski definition) is 7. The van der Waals surface area contributed by atoms with E-state index in [9.17, 15) is 14.4 Å². The number of amides is 3. The van der Waals surface area contributed by atoms with Crippen LogP contribution in [-0.4, -0.2) is 66.7 Å². The largest absolute Gasteiger partial charge is 0.384 e. The number of nitrogens with zero attached hydrogens (tertiary/aromatic N) is 1. The summed E-state index contributed by atoms with van der Waals surface area (Å²) in [6, 6.07) is 16.3. The number of rotatable bonds is 17. The van der Waals surface area contributed by atoms with Crippen molar-refractivity contribution in [2.24, 2.45) is 23.5 Å². The summed E-state index contributed by atoms with van der Waals surface area (Å²) < 4.78 is 3.44. The lowest BCUT2D eigenvalue weighted by atomic mass is 9.89. The van der Waals surface area contributed by atoms with Gasteiger partial charge in [0, 0.05) is 36.9 Å². The lowest BCUT2D eigenvalue weighted by molar-refractivity contribution is -0.135. The summed E-state index contributed by atoms with van der Waals surface area (Å²) in [5.74, 6) is 1.59. The third-order valence-electron chi connectivity index (χ3n) is 9.59. The van der Waals surface area contributed by atoms with Crippen molar-refractivity contribution in [3.05, 3.63) is 71.3 Å². The highest BCUT2D eigenvalue weighted by Crippen LogP contribution is 2.25. The molecule has 2 saturated heterocycles.